The van der Waals surface area contributed by atoms with Crippen LogP contribution in [0.15, 0.2) is 23.1 Å². The van der Waals surface area contributed by atoms with Crippen molar-refractivity contribution in [2.45, 2.75) is 44.6 Å². The van der Waals surface area contributed by atoms with E-state index in [1.807, 2.05) is 6.92 Å². The maximum atomic E-state index is 12.2. The monoisotopic (exact) mass is 332 g/mol. The van der Waals surface area contributed by atoms with E-state index in [1.54, 1.807) is 0 Å². The number of nitrogens with one attached hydrogen (secondary N) is 1. The van der Waals surface area contributed by atoms with Crippen LogP contribution in [0, 0.1) is 5.92 Å². The van der Waals surface area contributed by atoms with Crippen LogP contribution in [0.3, 0.4) is 0 Å². The molecule has 1 atom stereocenters. The number of benzene rings is 1. The van der Waals surface area contributed by atoms with Crippen LogP contribution >= 0.6 is 11.6 Å². The molecule has 0 spiro atoms. The van der Waals surface area contributed by atoms with Gasteiger partial charge in [-0.2, -0.15) is 0 Å². The lowest BCUT2D eigenvalue weighted by Gasteiger charge is -2.22. The predicted octanol–water partition coefficient (Wildman–Crippen LogP) is 2.54. The number of carbonyl (C=O) groups excluding carboxylic acids is 1. The fourth-order valence-electron chi connectivity index (χ4n) is 2.27. The van der Waals surface area contributed by atoms with Crippen LogP contribution in [-0.2, 0) is 10.0 Å². The highest BCUT2D eigenvalue weighted by Crippen LogP contribution is 2.22. The summed E-state index contributed by atoms with van der Waals surface area (Å²) >= 11 is 5.80. The minimum absolute atomic E-state index is 0.00103. The fourth-order valence-corrected chi connectivity index (χ4v) is 3.34. The van der Waals surface area contributed by atoms with E-state index in [2.05, 4.69) is 19.2 Å². The van der Waals surface area contributed by atoms with Gasteiger partial charge in [0.25, 0.3) is 5.91 Å². The molecule has 1 aromatic carbocycles. The topological polar surface area (TPSA) is 89.3 Å². The molecule has 1 amide bonds. The van der Waals surface area contributed by atoms with Crippen molar-refractivity contribution in [3.63, 3.8) is 0 Å². The molecule has 1 rings (SSSR count). The van der Waals surface area contributed by atoms with Crippen LogP contribution in [0.5, 0.6) is 0 Å². The van der Waals surface area contributed by atoms with Crippen molar-refractivity contribution < 1.29 is 13.2 Å². The number of halogens is 1. The molecule has 3 N–H and O–H groups in total. The van der Waals surface area contributed by atoms with E-state index >= 15 is 0 Å². The molecule has 118 valence electrons. The number of hydrogen-bond donors (Lipinski definition) is 2. The van der Waals surface area contributed by atoms with E-state index in [-0.39, 0.29) is 27.4 Å². The average Bonchev–Trinajstić information content (AvgIpc) is 2.39. The van der Waals surface area contributed by atoms with E-state index in [1.165, 1.54) is 18.2 Å². The molecular formula is C14H21ClN2O3S. The van der Waals surface area contributed by atoms with Gasteiger partial charge in [-0.25, -0.2) is 13.6 Å². The smallest absolute Gasteiger partial charge is 0.251 e. The SMILES string of the molecule is CCC(CC)C(C)NC(=O)c1ccc(Cl)c(S(N)(=O)=O)c1. The van der Waals surface area contributed by atoms with Crippen LogP contribution in [0.25, 0.3) is 0 Å². The number of amides is 1. The molecule has 5 nitrogen and oxygen atoms in total. The second-order valence-corrected chi connectivity index (χ2v) is 6.97. The molecule has 0 aromatic heterocycles. The second-order valence-electron chi connectivity index (χ2n) is 5.03. The van der Waals surface area contributed by atoms with E-state index in [4.69, 9.17) is 16.7 Å². The Hall–Kier alpha value is -1.11. The maximum absolute atomic E-state index is 12.2. The van der Waals surface area contributed by atoms with Gasteiger partial charge in [0.15, 0.2) is 0 Å². The maximum Gasteiger partial charge on any atom is 0.251 e. The Labute approximate surface area is 130 Å². The first-order valence-corrected chi connectivity index (χ1v) is 8.76. The molecule has 7 heteroatoms. The van der Waals surface area contributed by atoms with Gasteiger partial charge in [-0.3, -0.25) is 4.79 Å². The van der Waals surface area contributed by atoms with Crippen molar-refractivity contribution in [1.29, 1.82) is 0 Å². The van der Waals surface area contributed by atoms with E-state index in [9.17, 15) is 13.2 Å². The molecule has 0 bridgehead atoms. The summed E-state index contributed by atoms with van der Waals surface area (Å²) in [5.41, 5.74) is 0.223. The molecule has 1 unspecified atom stereocenters. The summed E-state index contributed by atoms with van der Waals surface area (Å²) in [6.45, 7) is 6.07. The first kappa shape index (κ1) is 17.9. The summed E-state index contributed by atoms with van der Waals surface area (Å²) in [5, 5.41) is 7.96. The number of rotatable bonds is 6. The van der Waals surface area contributed by atoms with Gasteiger partial charge in [0.1, 0.15) is 4.90 Å². The molecule has 0 fully saturated rings. The zero-order valence-corrected chi connectivity index (χ0v) is 14.0. The first-order chi connectivity index (χ1) is 9.70. The summed E-state index contributed by atoms with van der Waals surface area (Å²) in [7, 11) is -3.96. The van der Waals surface area contributed by atoms with Gasteiger partial charge < -0.3 is 5.32 Å². The quantitative estimate of drug-likeness (QED) is 0.838. The molecule has 0 aliphatic heterocycles. The van der Waals surface area contributed by atoms with Crippen molar-refractivity contribution >= 4 is 27.5 Å². The highest BCUT2D eigenvalue weighted by atomic mass is 35.5. The Kier molecular flexibility index (Phi) is 6.19. The van der Waals surface area contributed by atoms with Crippen molar-refractivity contribution in [3.8, 4) is 0 Å². The fraction of sp³-hybridized carbons (Fsp3) is 0.500. The third-order valence-electron chi connectivity index (χ3n) is 3.61. The lowest BCUT2D eigenvalue weighted by Crippen LogP contribution is -2.37. The van der Waals surface area contributed by atoms with Crippen LogP contribution in [0.4, 0.5) is 0 Å². The molecule has 21 heavy (non-hydrogen) atoms. The van der Waals surface area contributed by atoms with Crippen LogP contribution in [0.2, 0.25) is 5.02 Å². The third-order valence-corrected chi connectivity index (χ3v) is 5.01. The van der Waals surface area contributed by atoms with E-state index in [0.717, 1.165) is 12.8 Å². The molecule has 0 radical (unpaired) electrons. The van der Waals surface area contributed by atoms with Gasteiger partial charge in [0.2, 0.25) is 10.0 Å². The van der Waals surface area contributed by atoms with Crippen LogP contribution in [-0.4, -0.2) is 20.4 Å². The summed E-state index contributed by atoms with van der Waals surface area (Å²) in [5.74, 6) is 0.0370. The van der Waals surface area contributed by atoms with E-state index in [0.29, 0.717) is 5.92 Å². The Morgan fingerprint density at radius 3 is 2.38 bits per heavy atom. The zero-order chi connectivity index (χ0) is 16.2. The van der Waals surface area contributed by atoms with Crippen molar-refractivity contribution in [3.05, 3.63) is 28.8 Å². The van der Waals surface area contributed by atoms with Crippen LogP contribution < -0.4 is 10.5 Å². The van der Waals surface area contributed by atoms with Crippen molar-refractivity contribution in [2.75, 3.05) is 0 Å². The molecule has 1 aromatic rings. The van der Waals surface area contributed by atoms with Crippen molar-refractivity contribution in [1.82, 2.24) is 5.32 Å². The van der Waals surface area contributed by atoms with Gasteiger partial charge in [0, 0.05) is 11.6 Å². The zero-order valence-electron chi connectivity index (χ0n) is 12.4. The van der Waals surface area contributed by atoms with Gasteiger partial charge in [-0.15, -0.1) is 0 Å². The predicted molar refractivity (Wildman–Crippen MR) is 83.8 cm³/mol. The first-order valence-electron chi connectivity index (χ1n) is 6.83. The summed E-state index contributed by atoms with van der Waals surface area (Å²) in [4.78, 5) is 11.9. The Bertz CT molecular complexity index is 613. The Morgan fingerprint density at radius 1 is 1.33 bits per heavy atom. The van der Waals surface area contributed by atoms with Crippen LogP contribution in [0.1, 0.15) is 44.0 Å². The highest BCUT2D eigenvalue weighted by Gasteiger charge is 2.19. The van der Waals surface area contributed by atoms with E-state index < -0.39 is 10.0 Å². The molecule has 0 aliphatic carbocycles. The van der Waals surface area contributed by atoms with Crippen molar-refractivity contribution in [2.24, 2.45) is 11.1 Å². The number of primary sulfonamides is 1. The summed E-state index contributed by atoms with van der Waals surface area (Å²) in [6.07, 6.45) is 1.92. The molecule has 0 aliphatic rings. The van der Waals surface area contributed by atoms with Gasteiger partial charge >= 0.3 is 0 Å². The molecule has 0 saturated heterocycles. The largest absolute Gasteiger partial charge is 0.349 e. The molecular weight excluding hydrogens is 312 g/mol. The number of hydrogen-bond acceptors (Lipinski definition) is 3. The lowest BCUT2D eigenvalue weighted by molar-refractivity contribution is 0.0925. The van der Waals surface area contributed by atoms with Gasteiger partial charge in [-0.05, 0) is 31.0 Å². The normalized spacial score (nSPS) is 13.2. The number of nitrogens with two attached hydrogens (primary N) is 1. The summed E-state index contributed by atoms with van der Waals surface area (Å²) in [6, 6.07) is 4.04. The number of carbonyl (C=O) groups is 1. The minimum Gasteiger partial charge on any atom is -0.349 e. The third kappa shape index (κ3) is 4.69. The molecule has 0 heterocycles. The molecule has 0 saturated carbocycles. The van der Waals surface area contributed by atoms with Gasteiger partial charge in [0.05, 0.1) is 5.02 Å². The number of sulfonamides is 1. The average molecular weight is 333 g/mol. The Morgan fingerprint density at radius 2 is 1.90 bits per heavy atom. The van der Waals surface area contributed by atoms with Gasteiger partial charge in [-0.1, -0.05) is 38.3 Å². The highest BCUT2D eigenvalue weighted by molar-refractivity contribution is 7.89. The standard InChI is InChI=1S/C14H21ClN2O3S/c1-4-10(5-2)9(3)17-14(18)11-6-7-12(15)13(8-11)21(16,19)20/h6-10H,4-5H2,1-3H3,(H,17,18)(H2,16,19,20). The Balaban J connectivity index is 2.99. The second kappa shape index (κ2) is 7.24. The minimum atomic E-state index is -3.96. The summed E-state index contributed by atoms with van der Waals surface area (Å²) < 4.78 is 22.8. The lowest BCUT2D eigenvalue weighted by atomic mass is 9.95.